The zero-order valence-electron chi connectivity index (χ0n) is 16.3. The molecule has 0 bridgehead atoms. The number of nitrogens with one attached hydrogen (secondary N) is 2. The van der Waals surface area contributed by atoms with Crippen LogP contribution in [0.4, 0.5) is 5.13 Å². The number of aryl methyl sites for hydroxylation is 3. The van der Waals surface area contributed by atoms with Crippen molar-refractivity contribution in [2.45, 2.75) is 26.7 Å². The molecule has 1 aromatic carbocycles. The molecule has 0 fully saturated rings. The number of benzene rings is 1. The number of hydrogen-bond donors (Lipinski definition) is 2. The highest BCUT2D eigenvalue weighted by atomic mass is 32.1. The van der Waals surface area contributed by atoms with Crippen LogP contribution in [-0.4, -0.2) is 27.9 Å². The Hall–Kier alpha value is -2.93. The van der Waals surface area contributed by atoms with Crippen molar-refractivity contribution < 1.29 is 9.59 Å². The molecule has 2 aromatic heterocycles. The van der Waals surface area contributed by atoms with Gasteiger partial charge in [-0.15, -0.1) is 11.3 Å². The van der Waals surface area contributed by atoms with E-state index < -0.39 is 0 Å². The maximum atomic E-state index is 12.1. The van der Waals surface area contributed by atoms with Gasteiger partial charge in [0.25, 0.3) is 5.91 Å². The largest absolute Gasteiger partial charge is 0.356 e. The van der Waals surface area contributed by atoms with Crippen molar-refractivity contribution in [2.75, 3.05) is 11.9 Å². The molecule has 3 rings (SSSR count). The zero-order valence-corrected chi connectivity index (χ0v) is 17.1. The molecule has 2 amide bonds. The Morgan fingerprint density at radius 3 is 2.75 bits per heavy atom. The van der Waals surface area contributed by atoms with Gasteiger partial charge in [0.1, 0.15) is 0 Å². The van der Waals surface area contributed by atoms with Gasteiger partial charge in [-0.25, -0.2) is 4.98 Å². The molecular weight excluding hydrogens is 372 g/mol. The van der Waals surface area contributed by atoms with Crippen LogP contribution >= 0.6 is 11.3 Å². The molecular formula is C21H24N4O2S. The molecule has 2 heterocycles. The van der Waals surface area contributed by atoms with Crippen LogP contribution in [0.1, 0.15) is 34.8 Å². The third kappa shape index (κ3) is 4.86. The summed E-state index contributed by atoms with van der Waals surface area (Å²) >= 11 is 1.37. The van der Waals surface area contributed by atoms with E-state index in [1.807, 2.05) is 12.4 Å². The Kier molecular flexibility index (Phi) is 6.26. The Labute approximate surface area is 168 Å². The standard InChI is InChI=1S/C21H24N4O2S/c1-4-5-15-6-7-16(10-14(15)2)18-13-28-21(23-18)24-19(26)11-22-20(27)17-8-9-25(3)12-17/h6-10,12-13H,4-5,11H2,1-3H3,(H,22,27)(H,23,24,26). The van der Waals surface area contributed by atoms with Crippen LogP contribution in [0.2, 0.25) is 0 Å². The third-order valence-electron chi connectivity index (χ3n) is 4.41. The molecule has 0 saturated heterocycles. The second-order valence-electron chi connectivity index (χ2n) is 6.73. The minimum Gasteiger partial charge on any atom is -0.356 e. The minimum atomic E-state index is -0.306. The maximum Gasteiger partial charge on any atom is 0.253 e. The molecule has 0 spiro atoms. The fourth-order valence-electron chi connectivity index (χ4n) is 2.93. The normalized spacial score (nSPS) is 10.7. The molecule has 0 aliphatic heterocycles. The first-order valence-corrected chi connectivity index (χ1v) is 10.1. The lowest BCUT2D eigenvalue weighted by Gasteiger charge is -2.06. The smallest absolute Gasteiger partial charge is 0.253 e. The van der Waals surface area contributed by atoms with E-state index in [9.17, 15) is 9.59 Å². The van der Waals surface area contributed by atoms with Crippen LogP contribution in [-0.2, 0) is 18.3 Å². The van der Waals surface area contributed by atoms with Crippen LogP contribution in [0.25, 0.3) is 11.3 Å². The number of aromatic nitrogens is 2. The molecule has 0 aliphatic carbocycles. The summed E-state index contributed by atoms with van der Waals surface area (Å²) in [5.41, 5.74) is 4.99. The number of rotatable bonds is 7. The van der Waals surface area contributed by atoms with Gasteiger partial charge < -0.3 is 15.2 Å². The molecule has 3 aromatic rings. The Morgan fingerprint density at radius 1 is 1.25 bits per heavy atom. The maximum absolute atomic E-state index is 12.1. The van der Waals surface area contributed by atoms with E-state index in [-0.39, 0.29) is 18.4 Å². The lowest BCUT2D eigenvalue weighted by atomic mass is 10.0. The Balaban J connectivity index is 1.57. The molecule has 0 radical (unpaired) electrons. The fraction of sp³-hybridized carbons (Fsp3) is 0.286. The molecule has 0 saturated carbocycles. The van der Waals surface area contributed by atoms with Gasteiger partial charge in [0.05, 0.1) is 17.8 Å². The summed E-state index contributed by atoms with van der Waals surface area (Å²) in [4.78, 5) is 28.6. The van der Waals surface area contributed by atoms with Crippen LogP contribution in [0, 0.1) is 6.92 Å². The molecule has 0 aliphatic rings. The van der Waals surface area contributed by atoms with Crippen molar-refractivity contribution in [3.8, 4) is 11.3 Å². The number of nitrogens with zero attached hydrogens (tertiary/aromatic N) is 2. The molecule has 7 heteroatoms. The lowest BCUT2D eigenvalue weighted by molar-refractivity contribution is -0.115. The predicted molar refractivity (Wildman–Crippen MR) is 113 cm³/mol. The summed E-state index contributed by atoms with van der Waals surface area (Å²) in [6.07, 6.45) is 5.67. The van der Waals surface area contributed by atoms with E-state index in [4.69, 9.17) is 0 Å². The first-order chi connectivity index (χ1) is 13.5. The molecule has 2 N–H and O–H groups in total. The van der Waals surface area contributed by atoms with Gasteiger partial charge in [0.2, 0.25) is 5.91 Å². The number of carbonyl (C=O) groups is 2. The van der Waals surface area contributed by atoms with E-state index >= 15 is 0 Å². The van der Waals surface area contributed by atoms with Gasteiger partial charge in [0, 0.05) is 30.4 Å². The fourth-order valence-corrected chi connectivity index (χ4v) is 3.67. The summed E-state index contributed by atoms with van der Waals surface area (Å²) in [5.74, 6) is -0.585. The van der Waals surface area contributed by atoms with Crippen molar-refractivity contribution >= 4 is 28.3 Å². The molecule has 6 nitrogen and oxygen atoms in total. The van der Waals surface area contributed by atoms with Gasteiger partial charge >= 0.3 is 0 Å². The van der Waals surface area contributed by atoms with E-state index in [1.165, 1.54) is 22.5 Å². The Bertz CT molecular complexity index is 990. The molecule has 28 heavy (non-hydrogen) atoms. The van der Waals surface area contributed by atoms with Crippen LogP contribution < -0.4 is 10.6 Å². The van der Waals surface area contributed by atoms with Crippen molar-refractivity contribution in [3.05, 3.63) is 58.7 Å². The zero-order chi connectivity index (χ0) is 20.1. The quantitative estimate of drug-likeness (QED) is 0.638. The topological polar surface area (TPSA) is 76.0 Å². The van der Waals surface area contributed by atoms with Crippen molar-refractivity contribution in [1.29, 1.82) is 0 Å². The molecule has 146 valence electrons. The number of anilines is 1. The van der Waals surface area contributed by atoms with E-state index in [0.29, 0.717) is 10.7 Å². The minimum absolute atomic E-state index is 0.104. The van der Waals surface area contributed by atoms with Gasteiger partial charge in [-0.3, -0.25) is 9.59 Å². The third-order valence-corrected chi connectivity index (χ3v) is 5.17. The molecule has 0 atom stereocenters. The van der Waals surface area contributed by atoms with Gasteiger partial charge in [-0.05, 0) is 36.6 Å². The monoisotopic (exact) mass is 396 g/mol. The van der Waals surface area contributed by atoms with E-state index in [2.05, 4.69) is 47.7 Å². The average molecular weight is 397 g/mol. The van der Waals surface area contributed by atoms with E-state index in [1.54, 1.807) is 23.0 Å². The SMILES string of the molecule is CCCc1ccc(-c2csc(NC(=O)CNC(=O)c3ccn(C)c3)n2)cc1C. The van der Waals surface area contributed by atoms with Gasteiger partial charge in [-0.1, -0.05) is 25.5 Å². The first kappa shape index (κ1) is 19.8. The lowest BCUT2D eigenvalue weighted by Crippen LogP contribution is -2.32. The van der Waals surface area contributed by atoms with E-state index in [0.717, 1.165) is 24.1 Å². The highest BCUT2D eigenvalue weighted by Gasteiger charge is 2.12. The highest BCUT2D eigenvalue weighted by Crippen LogP contribution is 2.26. The predicted octanol–water partition coefficient (Wildman–Crippen LogP) is 3.78. The summed E-state index contributed by atoms with van der Waals surface area (Å²) in [7, 11) is 1.84. The summed E-state index contributed by atoms with van der Waals surface area (Å²) in [5, 5.41) is 7.79. The number of hydrogen-bond acceptors (Lipinski definition) is 4. The second-order valence-corrected chi connectivity index (χ2v) is 7.58. The second kappa shape index (κ2) is 8.84. The van der Waals surface area contributed by atoms with Gasteiger partial charge in [-0.2, -0.15) is 0 Å². The van der Waals surface area contributed by atoms with Crippen LogP contribution in [0.3, 0.4) is 0 Å². The average Bonchev–Trinajstić information content (AvgIpc) is 3.31. The summed E-state index contributed by atoms with van der Waals surface area (Å²) < 4.78 is 1.78. The number of thiazole rings is 1. The van der Waals surface area contributed by atoms with Crippen molar-refractivity contribution in [1.82, 2.24) is 14.9 Å². The van der Waals surface area contributed by atoms with Crippen molar-refractivity contribution in [3.63, 3.8) is 0 Å². The summed E-state index contributed by atoms with van der Waals surface area (Å²) in [6, 6.07) is 8.05. The Morgan fingerprint density at radius 2 is 2.07 bits per heavy atom. The summed E-state index contributed by atoms with van der Waals surface area (Å²) in [6.45, 7) is 4.18. The van der Waals surface area contributed by atoms with Crippen LogP contribution in [0.5, 0.6) is 0 Å². The van der Waals surface area contributed by atoms with Crippen LogP contribution in [0.15, 0.2) is 42.0 Å². The number of amides is 2. The van der Waals surface area contributed by atoms with Gasteiger partial charge in [0.15, 0.2) is 5.13 Å². The molecule has 0 unspecified atom stereocenters. The first-order valence-electron chi connectivity index (χ1n) is 9.21. The number of carbonyl (C=O) groups excluding carboxylic acids is 2. The highest BCUT2D eigenvalue weighted by molar-refractivity contribution is 7.14. The van der Waals surface area contributed by atoms with Crippen molar-refractivity contribution in [2.24, 2.45) is 7.05 Å².